The van der Waals surface area contributed by atoms with Gasteiger partial charge in [0.2, 0.25) is 0 Å². The van der Waals surface area contributed by atoms with Gasteiger partial charge >= 0.3 is 0 Å². The molecule has 1 unspecified atom stereocenters. The molecule has 0 radical (unpaired) electrons. The Kier molecular flexibility index (Phi) is 4.48. The monoisotopic (exact) mass is 141 g/mol. The average Bonchev–Trinajstić information content (AvgIpc) is 1.31. The molecule has 0 rings (SSSR count). The van der Waals surface area contributed by atoms with Gasteiger partial charge in [-0.2, -0.15) is 0 Å². The zero-order valence-electron chi connectivity index (χ0n) is 4.96. The molecule has 4 heteroatoms. The Bertz CT molecular complexity index is 59.5. The van der Waals surface area contributed by atoms with Gasteiger partial charge in [-0.25, -0.2) is 0 Å². The van der Waals surface area contributed by atoms with Crippen LogP contribution in [0.25, 0.3) is 0 Å². The van der Waals surface area contributed by atoms with Crippen LogP contribution in [0.4, 0.5) is 0 Å². The van der Waals surface area contributed by atoms with Gasteiger partial charge < -0.3 is 15.9 Å². The smallest absolute Gasteiger partial charge is 0.174 e. The van der Waals surface area contributed by atoms with Crippen molar-refractivity contribution in [2.24, 2.45) is 5.73 Å². The van der Waals surface area contributed by atoms with Crippen molar-refractivity contribution in [1.29, 1.82) is 0 Å². The van der Waals surface area contributed by atoms with Crippen molar-refractivity contribution in [3.05, 3.63) is 0 Å². The first-order valence-electron chi connectivity index (χ1n) is 2.15. The van der Waals surface area contributed by atoms with E-state index in [2.05, 4.69) is 0 Å². The molecule has 52 valence electrons. The topological polar surface area (TPSA) is 66.5 Å². The van der Waals surface area contributed by atoms with Crippen LogP contribution in [-0.4, -0.2) is 22.0 Å². The van der Waals surface area contributed by atoms with Gasteiger partial charge in [0.05, 0.1) is 6.04 Å². The summed E-state index contributed by atoms with van der Waals surface area (Å²) in [5.74, 6) is -1.72. The molecule has 0 aromatic carbocycles. The Labute approximate surface area is 54.9 Å². The van der Waals surface area contributed by atoms with Crippen LogP contribution in [0.3, 0.4) is 0 Å². The molecule has 8 heavy (non-hydrogen) atoms. The molecule has 0 aliphatic carbocycles. The maximum atomic E-state index is 8.53. The van der Waals surface area contributed by atoms with E-state index in [4.69, 9.17) is 15.9 Å². The number of halogens is 1. The molecule has 0 heterocycles. The van der Waals surface area contributed by atoms with Gasteiger partial charge in [0.25, 0.3) is 0 Å². The van der Waals surface area contributed by atoms with Crippen LogP contribution in [0.5, 0.6) is 0 Å². The molecule has 0 aliphatic rings. The van der Waals surface area contributed by atoms with Crippen molar-refractivity contribution in [3.8, 4) is 0 Å². The second-order valence-corrected chi connectivity index (χ2v) is 1.88. The van der Waals surface area contributed by atoms with Crippen LogP contribution >= 0.6 is 12.4 Å². The molecule has 3 nitrogen and oxygen atoms in total. The maximum absolute atomic E-state index is 8.53. The van der Waals surface area contributed by atoms with Crippen LogP contribution in [0.1, 0.15) is 13.8 Å². The van der Waals surface area contributed by atoms with E-state index < -0.39 is 11.8 Å². The summed E-state index contributed by atoms with van der Waals surface area (Å²) >= 11 is 0. The molecule has 0 fully saturated rings. The SMILES string of the molecule is CC(N)C(C)(O)O.Cl. The van der Waals surface area contributed by atoms with Gasteiger partial charge in [-0.05, 0) is 13.8 Å². The summed E-state index contributed by atoms with van der Waals surface area (Å²) in [5.41, 5.74) is 5.07. The second kappa shape index (κ2) is 3.25. The minimum atomic E-state index is -1.72. The van der Waals surface area contributed by atoms with Crippen molar-refractivity contribution < 1.29 is 10.2 Å². The largest absolute Gasteiger partial charge is 0.365 e. The zero-order valence-corrected chi connectivity index (χ0v) is 5.77. The molecule has 1 atom stereocenters. The molecule has 0 spiro atoms. The van der Waals surface area contributed by atoms with Crippen molar-refractivity contribution >= 4 is 12.4 Å². The highest BCUT2D eigenvalue weighted by Gasteiger charge is 2.19. The van der Waals surface area contributed by atoms with Crippen molar-refractivity contribution in [3.63, 3.8) is 0 Å². The third kappa shape index (κ3) is 4.33. The fourth-order valence-electron chi connectivity index (χ4n) is 0. The fraction of sp³-hybridized carbons (Fsp3) is 1.00. The summed E-state index contributed by atoms with van der Waals surface area (Å²) in [6.07, 6.45) is 0. The summed E-state index contributed by atoms with van der Waals surface area (Å²) in [5, 5.41) is 17.1. The lowest BCUT2D eigenvalue weighted by Gasteiger charge is -2.19. The Morgan fingerprint density at radius 1 is 1.50 bits per heavy atom. The van der Waals surface area contributed by atoms with Crippen LogP contribution in [0.15, 0.2) is 0 Å². The number of aliphatic hydroxyl groups is 2. The first-order chi connectivity index (χ1) is 2.94. The van der Waals surface area contributed by atoms with E-state index in [1.807, 2.05) is 0 Å². The Morgan fingerprint density at radius 2 is 1.62 bits per heavy atom. The van der Waals surface area contributed by atoms with E-state index in [0.717, 1.165) is 0 Å². The van der Waals surface area contributed by atoms with Gasteiger partial charge in [0.15, 0.2) is 5.79 Å². The molecule has 0 aromatic heterocycles. The van der Waals surface area contributed by atoms with E-state index in [1.54, 1.807) is 0 Å². The Hall–Kier alpha value is 0.170. The first-order valence-corrected chi connectivity index (χ1v) is 2.15. The quantitative estimate of drug-likeness (QED) is 0.430. The van der Waals surface area contributed by atoms with E-state index in [-0.39, 0.29) is 12.4 Å². The molecule has 0 saturated heterocycles. The standard InChI is InChI=1S/C4H11NO2.ClH/c1-3(5)4(2,6)7;/h3,6-7H,5H2,1-2H3;1H. The molecular formula is C4H12ClNO2. The summed E-state index contributed by atoms with van der Waals surface area (Å²) in [6, 6.07) is -0.590. The Morgan fingerprint density at radius 3 is 1.62 bits per heavy atom. The molecule has 4 N–H and O–H groups in total. The number of hydrogen-bond acceptors (Lipinski definition) is 3. The molecule has 0 aromatic rings. The van der Waals surface area contributed by atoms with Gasteiger partial charge in [-0.15, -0.1) is 12.4 Å². The van der Waals surface area contributed by atoms with Crippen LogP contribution in [0, 0.1) is 0 Å². The van der Waals surface area contributed by atoms with Gasteiger partial charge in [-0.1, -0.05) is 0 Å². The van der Waals surface area contributed by atoms with Crippen molar-refractivity contribution in [2.45, 2.75) is 25.7 Å². The van der Waals surface area contributed by atoms with Gasteiger partial charge in [-0.3, -0.25) is 0 Å². The second-order valence-electron chi connectivity index (χ2n) is 1.88. The van der Waals surface area contributed by atoms with Gasteiger partial charge in [0.1, 0.15) is 0 Å². The predicted octanol–water partition coefficient (Wildman–Crippen LogP) is -0.544. The van der Waals surface area contributed by atoms with E-state index in [0.29, 0.717) is 0 Å². The highest BCUT2D eigenvalue weighted by Crippen LogP contribution is 1.99. The first kappa shape index (κ1) is 11.0. The molecular weight excluding hydrogens is 130 g/mol. The van der Waals surface area contributed by atoms with E-state index >= 15 is 0 Å². The van der Waals surface area contributed by atoms with Crippen LogP contribution in [0.2, 0.25) is 0 Å². The maximum Gasteiger partial charge on any atom is 0.174 e. The fourth-order valence-corrected chi connectivity index (χ4v) is 0. The van der Waals surface area contributed by atoms with Crippen molar-refractivity contribution in [1.82, 2.24) is 0 Å². The summed E-state index contributed by atoms with van der Waals surface area (Å²) in [4.78, 5) is 0. The molecule has 0 bridgehead atoms. The summed E-state index contributed by atoms with van der Waals surface area (Å²) < 4.78 is 0. The van der Waals surface area contributed by atoms with E-state index in [1.165, 1.54) is 13.8 Å². The number of hydrogen-bond donors (Lipinski definition) is 3. The summed E-state index contributed by atoms with van der Waals surface area (Å²) in [7, 11) is 0. The Balaban J connectivity index is 0. The average molecular weight is 142 g/mol. The lowest BCUT2D eigenvalue weighted by molar-refractivity contribution is -0.157. The highest BCUT2D eigenvalue weighted by atomic mass is 35.5. The third-order valence-corrected chi connectivity index (χ3v) is 0.863. The summed E-state index contributed by atoms with van der Waals surface area (Å²) in [6.45, 7) is 2.78. The number of rotatable bonds is 1. The lowest BCUT2D eigenvalue weighted by atomic mass is 10.2. The highest BCUT2D eigenvalue weighted by molar-refractivity contribution is 5.85. The van der Waals surface area contributed by atoms with Crippen LogP contribution < -0.4 is 5.73 Å². The zero-order chi connectivity index (χ0) is 6.08. The normalized spacial score (nSPS) is 14.6. The number of nitrogens with two attached hydrogens (primary N) is 1. The lowest BCUT2D eigenvalue weighted by Crippen LogP contribution is -2.42. The predicted molar refractivity (Wildman–Crippen MR) is 33.7 cm³/mol. The molecule has 0 saturated carbocycles. The van der Waals surface area contributed by atoms with Crippen LogP contribution in [-0.2, 0) is 0 Å². The van der Waals surface area contributed by atoms with Crippen molar-refractivity contribution in [2.75, 3.05) is 0 Å². The minimum absolute atomic E-state index is 0. The minimum Gasteiger partial charge on any atom is -0.365 e. The van der Waals surface area contributed by atoms with Gasteiger partial charge in [0, 0.05) is 0 Å². The van der Waals surface area contributed by atoms with E-state index in [9.17, 15) is 0 Å². The molecule has 0 aliphatic heterocycles. The molecule has 0 amide bonds. The third-order valence-electron chi connectivity index (χ3n) is 0.863.